The van der Waals surface area contributed by atoms with E-state index in [0.29, 0.717) is 5.56 Å². The molecular formula is C33H44O13. The molecule has 0 bridgehead atoms. The lowest BCUT2D eigenvalue weighted by Gasteiger charge is -2.70. The largest absolute Gasteiger partial charge is 0.472 e. The first-order chi connectivity index (χ1) is 21.3. The van der Waals surface area contributed by atoms with Gasteiger partial charge in [-0.1, -0.05) is 20.8 Å². The van der Waals surface area contributed by atoms with Crippen molar-refractivity contribution in [3.63, 3.8) is 0 Å². The van der Waals surface area contributed by atoms with Crippen LogP contribution < -0.4 is 0 Å². The van der Waals surface area contributed by atoms with Crippen LogP contribution in [0.25, 0.3) is 0 Å². The number of hydrogen-bond donors (Lipinski definition) is 1. The Kier molecular flexibility index (Phi) is 8.16. The zero-order chi connectivity index (χ0) is 34.2. The SMILES string of the molecule is COC(=O)C[C@H](OC(C)=O)[C@]1(C)C2[C@@H](OC(C)=O)C[C@@]3(C)[C@H](c4ccoc4)OC(=O)[C@H]4O[C@]43[C@]2(C)[C@H](OC(C)=O)C[C@H]1C(C)(C)O. The number of esters is 5. The standard InChI is InChI=1S/C33H44O13/c1-16(34)42-20-14-30(6)26(19-10-11-41-15-19)45-28(38)27-33(30,46-27)32(8)23(44-18(3)36)12-21(29(4,5)39)31(7,25(20)32)22(43-17(2)35)13-24(37)40-9/h10-11,15,20-23,25-27,39H,12-14H2,1-9H3/t20-,21-,22-,23+,25?,26-,27+,30-,31+,32+,33+/m0/s1. The number of hydrogen-bond acceptors (Lipinski definition) is 13. The molecule has 254 valence electrons. The molecule has 4 fully saturated rings. The van der Waals surface area contributed by atoms with E-state index in [4.69, 9.17) is 32.8 Å². The van der Waals surface area contributed by atoms with Gasteiger partial charge in [-0.2, -0.15) is 0 Å². The molecule has 4 aliphatic rings. The van der Waals surface area contributed by atoms with Gasteiger partial charge in [-0.3, -0.25) is 19.2 Å². The molecule has 13 nitrogen and oxygen atoms in total. The van der Waals surface area contributed by atoms with E-state index in [9.17, 15) is 29.1 Å². The number of aliphatic hydroxyl groups is 1. The van der Waals surface area contributed by atoms with Crippen LogP contribution in [0.15, 0.2) is 23.0 Å². The van der Waals surface area contributed by atoms with Gasteiger partial charge in [-0.05, 0) is 38.7 Å². The Balaban J connectivity index is 1.84. The van der Waals surface area contributed by atoms with E-state index in [1.54, 1.807) is 26.8 Å². The zero-order valence-electron chi connectivity index (χ0n) is 27.7. The van der Waals surface area contributed by atoms with Crippen LogP contribution in [-0.2, 0) is 52.4 Å². The molecule has 3 heterocycles. The van der Waals surface area contributed by atoms with E-state index in [1.807, 2.05) is 13.8 Å². The second kappa shape index (κ2) is 11.1. The summed E-state index contributed by atoms with van der Waals surface area (Å²) >= 11 is 0. The molecule has 5 rings (SSSR count). The van der Waals surface area contributed by atoms with E-state index in [0.717, 1.165) is 0 Å². The third-order valence-corrected chi connectivity index (χ3v) is 11.4. The lowest BCUT2D eigenvalue weighted by molar-refractivity contribution is -0.307. The minimum Gasteiger partial charge on any atom is -0.472 e. The average Bonchev–Trinajstić information content (AvgIpc) is 3.50. The van der Waals surface area contributed by atoms with Crippen LogP contribution in [0.5, 0.6) is 0 Å². The van der Waals surface area contributed by atoms with Gasteiger partial charge in [0.1, 0.15) is 30.0 Å². The van der Waals surface area contributed by atoms with Crippen molar-refractivity contribution >= 4 is 29.8 Å². The maximum absolute atomic E-state index is 13.6. The number of carbonyl (C=O) groups excluding carboxylic acids is 5. The zero-order valence-corrected chi connectivity index (χ0v) is 27.7. The van der Waals surface area contributed by atoms with E-state index in [1.165, 1.54) is 40.4 Å². The first kappa shape index (κ1) is 33.9. The predicted molar refractivity (Wildman–Crippen MR) is 155 cm³/mol. The number of fused-ring (bicyclic) bond motifs is 1. The van der Waals surface area contributed by atoms with Crippen molar-refractivity contribution in [1.29, 1.82) is 0 Å². The number of ether oxygens (including phenoxy) is 6. The van der Waals surface area contributed by atoms with Crippen LogP contribution in [0, 0.1) is 28.1 Å². The lowest BCUT2D eigenvalue weighted by Crippen LogP contribution is -2.77. The van der Waals surface area contributed by atoms with Crippen molar-refractivity contribution in [2.45, 2.75) is 116 Å². The van der Waals surface area contributed by atoms with Gasteiger partial charge < -0.3 is 37.9 Å². The van der Waals surface area contributed by atoms with Crippen molar-refractivity contribution in [2.75, 3.05) is 7.11 Å². The number of cyclic esters (lactones) is 1. The van der Waals surface area contributed by atoms with Crippen molar-refractivity contribution in [3.05, 3.63) is 24.2 Å². The summed E-state index contributed by atoms with van der Waals surface area (Å²) in [6, 6.07) is 1.68. The van der Waals surface area contributed by atoms with Crippen LogP contribution in [0.2, 0.25) is 0 Å². The summed E-state index contributed by atoms with van der Waals surface area (Å²) in [4.78, 5) is 64.9. The molecule has 1 aromatic rings. The Labute approximate surface area is 267 Å². The molecule has 1 aromatic heterocycles. The molecule has 0 radical (unpaired) electrons. The van der Waals surface area contributed by atoms with Gasteiger partial charge in [-0.15, -0.1) is 0 Å². The molecule has 13 heteroatoms. The molecule has 1 spiro atoms. The molecular weight excluding hydrogens is 604 g/mol. The Morgan fingerprint density at radius 3 is 2.22 bits per heavy atom. The molecule has 1 unspecified atom stereocenters. The van der Waals surface area contributed by atoms with Crippen molar-refractivity contribution in [2.24, 2.45) is 28.1 Å². The van der Waals surface area contributed by atoms with Crippen LogP contribution in [0.1, 0.15) is 86.3 Å². The molecule has 2 saturated carbocycles. The molecule has 0 amide bonds. The summed E-state index contributed by atoms with van der Waals surface area (Å²) in [7, 11) is 1.21. The normalized spacial score (nSPS) is 40.2. The van der Waals surface area contributed by atoms with Crippen molar-refractivity contribution in [1.82, 2.24) is 0 Å². The fourth-order valence-corrected chi connectivity index (χ4v) is 10.0. The second-order valence-electron chi connectivity index (χ2n) is 14.4. The lowest BCUT2D eigenvalue weighted by atomic mass is 9.35. The van der Waals surface area contributed by atoms with Crippen LogP contribution >= 0.6 is 0 Å². The maximum atomic E-state index is 13.6. The van der Waals surface area contributed by atoms with Gasteiger partial charge in [0.05, 0.1) is 31.7 Å². The molecule has 1 N–H and O–H groups in total. The smallest absolute Gasteiger partial charge is 0.339 e. The third-order valence-electron chi connectivity index (χ3n) is 11.4. The number of furan rings is 1. The summed E-state index contributed by atoms with van der Waals surface area (Å²) < 4.78 is 41.1. The van der Waals surface area contributed by atoms with E-state index < -0.39 is 99.6 Å². The third kappa shape index (κ3) is 4.75. The van der Waals surface area contributed by atoms with Crippen LogP contribution in [0.4, 0.5) is 0 Å². The minimum atomic E-state index is -1.50. The van der Waals surface area contributed by atoms with E-state index >= 15 is 0 Å². The van der Waals surface area contributed by atoms with E-state index in [2.05, 4.69) is 0 Å². The van der Waals surface area contributed by atoms with Gasteiger partial charge >= 0.3 is 29.8 Å². The molecule has 2 aliphatic carbocycles. The fraction of sp³-hybridized carbons (Fsp3) is 0.727. The van der Waals surface area contributed by atoms with E-state index in [-0.39, 0.29) is 19.3 Å². The molecule has 11 atom stereocenters. The van der Waals surface area contributed by atoms with Crippen LogP contribution in [-0.4, -0.2) is 77.7 Å². The van der Waals surface area contributed by atoms with Gasteiger partial charge in [0.15, 0.2) is 6.10 Å². The summed E-state index contributed by atoms with van der Waals surface area (Å²) in [5, 5.41) is 11.8. The summed E-state index contributed by atoms with van der Waals surface area (Å²) in [5.41, 5.74) is -6.06. The predicted octanol–water partition coefficient (Wildman–Crippen LogP) is 3.20. The monoisotopic (exact) mass is 648 g/mol. The summed E-state index contributed by atoms with van der Waals surface area (Å²) in [5.74, 6) is -4.92. The molecule has 2 saturated heterocycles. The first-order valence-electron chi connectivity index (χ1n) is 15.5. The van der Waals surface area contributed by atoms with Gasteiger partial charge in [0.2, 0.25) is 0 Å². The molecule has 2 aliphatic heterocycles. The van der Waals surface area contributed by atoms with Gasteiger partial charge in [0.25, 0.3) is 0 Å². The van der Waals surface area contributed by atoms with Gasteiger partial charge in [0, 0.05) is 48.5 Å². The molecule has 46 heavy (non-hydrogen) atoms. The summed E-state index contributed by atoms with van der Waals surface area (Å²) in [6.07, 6.45) is -2.48. The Bertz CT molecular complexity index is 1410. The molecule has 0 aromatic carbocycles. The highest BCUT2D eigenvalue weighted by molar-refractivity contribution is 5.82. The highest BCUT2D eigenvalue weighted by Gasteiger charge is 2.90. The highest BCUT2D eigenvalue weighted by Crippen LogP contribution is 2.80. The average molecular weight is 649 g/mol. The minimum absolute atomic E-state index is 0.0254. The Morgan fingerprint density at radius 1 is 1.04 bits per heavy atom. The van der Waals surface area contributed by atoms with Crippen molar-refractivity contribution < 1.29 is 61.9 Å². The number of methoxy groups -OCH3 is 1. The highest BCUT2D eigenvalue weighted by atomic mass is 16.7. The topological polar surface area (TPSA) is 177 Å². The second-order valence-corrected chi connectivity index (χ2v) is 14.4. The fourth-order valence-electron chi connectivity index (χ4n) is 10.0. The Morgan fingerprint density at radius 2 is 1.70 bits per heavy atom. The first-order valence-corrected chi connectivity index (χ1v) is 15.5. The Hall–Kier alpha value is -3.45. The summed E-state index contributed by atoms with van der Waals surface area (Å²) in [6.45, 7) is 12.4. The maximum Gasteiger partial charge on any atom is 0.339 e. The number of carbonyl (C=O) groups is 5. The quantitative estimate of drug-likeness (QED) is 0.247. The van der Waals surface area contributed by atoms with Crippen LogP contribution in [0.3, 0.4) is 0 Å². The number of epoxide rings is 1. The van der Waals surface area contributed by atoms with Crippen molar-refractivity contribution in [3.8, 4) is 0 Å². The number of rotatable bonds is 8. The van der Waals surface area contributed by atoms with Gasteiger partial charge in [-0.25, -0.2) is 4.79 Å².